The summed E-state index contributed by atoms with van der Waals surface area (Å²) in [6.45, 7) is 6.61. The number of fused-ring (bicyclic) bond motifs is 1. The van der Waals surface area contributed by atoms with Gasteiger partial charge in [-0.3, -0.25) is 0 Å². The molecule has 1 atom stereocenters. The van der Waals surface area contributed by atoms with Gasteiger partial charge in [0.05, 0.1) is 27.6 Å². The number of sulfone groups is 1. The first-order valence-electron chi connectivity index (χ1n) is 10.2. The van der Waals surface area contributed by atoms with E-state index < -0.39 is 21.7 Å². The molecule has 0 saturated carbocycles. The molecule has 0 spiro atoms. The van der Waals surface area contributed by atoms with Gasteiger partial charge in [-0.2, -0.15) is 0 Å². The van der Waals surface area contributed by atoms with Crippen LogP contribution in [0, 0.1) is 5.82 Å². The molecule has 0 aliphatic carbocycles. The van der Waals surface area contributed by atoms with E-state index in [4.69, 9.17) is 21.9 Å². The van der Waals surface area contributed by atoms with Crippen LogP contribution in [0.5, 0.6) is 0 Å². The second kappa shape index (κ2) is 8.17. The van der Waals surface area contributed by atoms with Crippen LogP contribution in [0.2, 0.25) is 5.02 Å². The minimum absolute atomic E-state index is 0.0729. The van der Waals surface area contributed by atoms with E-state index in [9.17, 15) is 8.42 Å². The highest BCUT2D eigenvalue weighted by Crippen LogP contribution is 2.38. The van der Waals surface area contributed by atoms with Gasteiger partial charge in [-0.05, 0) is 29.8 Å². The van der Waals surface area contributed by atoms with E-state index in [1.165, 1.54) is 6.07 Å². The Hall–Kier alpha value is -2.42. The molecule has 9 heteroatoms. The molecule has 1 aromatic heterocycles. The number of aromatic nitrogens is 1. The lowest BCUT2D eigenvalue weighted by molar-refractivity contribution is 0.401. The predicted octanol–water partition coefficient (Wildman–Crippen LogP) is 4.55. The van der Waals surface area contributed by atoms with Crippen molar-refractivity contribution in [2.24, 2.45) is 5.73 Å². The summed E-state index contributed by atoms with van der Waals surface area (Å²) in [5.74, 6) is -0.703. The van der Waals surface area contributed by atoms with Crippen LogP contribution >= 0.6 is 11.6 Å². The van der Waals surface area contributed by atoms with Crippen molar-refractivity contribution in [3.63, 3.8) is 0 Å². The molecule has 32 heavy (non-hydrogen) atoms. The van der Waals surface area contributed by atoms with Gasteiger partial charge in [0.1, 0.15) is 5.82 Å². The maximum absolute atomic E-state index is 15.1. The molecule has 0 unspecified atom stereocenters. The molecule has 1 aliphatic rings. The maximum atomic E-state index is 15.1. The van der Waals surface area contributed by atoms with E-state index in [0.717, 1.165) is 11.6 Å². The Morgan fingerprint density at radius 3 is 2.53 bits per heavy atom. The van der Waals surface area contributed by atoms with Gasteiger partial charge in [0.25, 0.3) is 0 Å². The Kier molecular flexibility index (Phi) is 5.81. The minimum atomic E-state index is -3.77. The van der Waals surface area contributed by atoms with Crippen molar-refractivity contribution >= 4 is 27.1 Å². The molecule has 3 aromatic rings. The Morgan fingerprint density at radius 2 is 1.91 bits per heavy atom. The Morgan fingerprint density at radius 1 is 1.22 bits per heavy atom. The monoisotopic (exact) mass is 477 g/mol. The summed E-state index contributed by atoms with van der Waals surface area (Å²) in [5, 5.41) is 4.67. The largest absolute Gasteiger partial charge is 0.365 e. The second-order valence-electron chi connectivity index (χ2n) is 9.17. The number of nitrogens with zero attached hydrogens (tertiary/aromatic N) is 2. The summed E-state index contributed by atoms with van der Waals surface area (Å²) < 4.78 is 46.5. The highest BCUT2D eigenvalue weighted by Gasteiger charge is 2.32. The second-order valence-corrected chi connectivity index (χ2v) is 11.6. The number of nitrogens with two attached hydrogens (primary N) is 1. The molecule has 4 rings (SSSR count). The third kappa shape index (κ3) is 4.53. The van der Waals surface area contributed by atoms with Crippen molar-refractivity contribution in [2.45, 2.75) is 43.7 Å². The number of hydrogen-bond donors (Lipinski definition) is 1. The van der Waals surface area contributed by atoms with Gasteiger partial charge in [-0.1, -0.05) is 49.7 Å². The Balaban J connectivity index is 1.84. The van der Waals surface area contributed by atoms with Crippen LogP contribution in [0.15, 0.2) is 51.9 Å². The average Bonchev–Trinajstić information content (AvgIpc) is 3.16. The number of halogens is 2. The lowest BCUT2D eigenvalue weighted by Crippen LogP contribution is -2.39. The number of anilines is 1. The third-order valence-corrected chi connectivity index (χ3v) is 7.56. The van der Waals surface area contributed by atoms with Crippen LogP contribution in [0.4, 0.5) is 10.1 Å². The van der Waals surface area contributed by atoms with Gasteiger partial charge in [0.15, 0.2) is 15.6 Å². The van der Waals surface area contributed by atoms with Crippen molar-refractivity contribution < 1.29 is 17.3 Å². The fourth-order valence-electron chi connectivity index (χ4n) is 3.75. The van der Waals surface area contributed by atoms with Crippen molar-refractivity contribution in [2.75, 3.05) is 17.2 Å². The molecule has 170 valence electrons. The maximum Gasteiger partial charge on any atom is 0.182 e. The highest BCUT2D eigenvalue weighted by molar-refractivity contribution is 7.91. The van der Waals surface area contributed by atoms with E-state index in [-0.39, 0.29) is 27.4 Å². The molecule has 0 amide bonds. The lowest BCUT2D eigenvalue weighted by Gasteiger charge is -2.26. The summed E-state index contributed by atoms with van der Waals surface area (Å²) in [4.78, 5) is 1.79. The molecule has 1 aliphatic heterocycles. The topological polar surface area (TPSA) is 89.4 Å². The summed E-state index contributed by atoms with van der Waals surface area (Å²) in [6.07, 6.45) is 0. The zero-order valence-electron chi connectivity index (χ0n) is 18.1. The summed E-state index contributed by atoms with van der Waals surface area (Å²) in [5.41, 5.74) is 7.99. The van der Waals surface area contributed by atoms with E-state index in [0.29, 0.717) is 29.5 Å². The van der Waals surface area contributed by atoms with E-state index in [1.54, 1.807) is 18.2 Å². The first-order valence-corrected chi connectivity index (χ1v) is 12.3. The Labute approximate surface area is 192 Å². The molecule has 0 bridgehead atoms. The first kappa shape index (κ1) is 22.8. The van der Waals surface area contributed by atoms with Gasteiger partial charge in [-0.25, -0.2) is 12.8 Å². The van der Waals surface area contributed by atoms with Crippen molar-refractivity contribution in [3.8, 4) is 11.3 Å². The molecule has 6 nitrogen and oxygen atoms in total. The summed E-state index contributed by atoms with van der Waals surface area (Å²) in [6, 6.07) is 10.9. The molecule has 2 heterocycles. The minimum Gasteiger partial charge on any atom is -0.365 e. The van der Waals surface area contributed by atoms with Crippen LogP contribution in [0.3, 0.4) is 0 Å². The zero-order chi connectivity index (χ0) is 23.3. The number of hydrogen-bond acceptors (Lipinski definition) is 6. The number of rotatable bonds is 3. The average molecular weight is 478 g/mol. The normalized spacial score (nSPS) is 18.3. The standard InChI is InChI=1S/C23H25ClFN3O3S/c1-23(2,3)22-10-20(31-27-22)17-8-19-21(9-18(17)25)32(29,30)13-16(26)12-28(19)11-14-4-6-15(24)7-5-14/h4-10,16H,11-13,26H2,1-3H3/t16-/m1/s1. The van der Waals surface area contributed by atoms with Gasteiger partial charge in [-0.15, -0.1) is 0 Å². The van der Waals surface area contributed by atoms with E-state index in [2.05, 4.69) is 5.16 Å². The summed E-state index contributed by atoms with van der Waals surface area (Å²) in [7, 11) is -3.77. The van der Waals surface area contributed by atoms with Crippen LogP contribution in [0.25, 0.3) is 11.3 Å². The van der Waals surface area contributed by atoms with Crippen molar-refractivity contribution in [1.29, 1.82) is 0 Å². The van der Waals surface area contributed by atoms with Gasteiger partial charge >= 0.3 is 0 Å². The van der Waals surface area contributed by atoms with Gasteiger partial charge in [0.2, 0.25) is 0 Å². The van der Waals surface area contributed by atoms with E-state index in [1.807, 2.05) is 37.8 Å². The number of benzene rings is 2. The molecule has 0 fully saturated rings. The molecular weight excluding hydrogens is 453 g/mol. The quantitative estimate of drug-likeness (QED) is 0.595. The summed E-state index contributed by atoms with van der Waals surface area (Å²) >= 11 is 5.99. The van der Waals surface area contributed by atoms with Gasteiger partial charge < -0.3 is 15.2 Å². The highest BCUT2D eigenvalue weighted by atomic mass is 35.5. The molecule has 0 radical (unpaired) electrons. The first-order chi connectivity index (χ1) is 14.9. The van der Waals surface area contributed by atoms with Crippen LogP contribution < -0.4 is 10.6 Å². The van der Waals surface area contributed by atoms with Crippen LogP contribution in [0.1, 0.15) is 32.0 Å². The van der Waals surface area contributed by atoms with Crippen LogP contribution in [-0.2, 0) is 21.8 Å². The Bertz CT molecular complexity index is 1250. The predicted molar refractivity (Wildman–Crippen MR) is 123 cm³/mol. The molecule has 0 saturated heterocycles. The SMILES string of the molecule is CC(C)(C)c1cc(-c2cc3c(cc2F)S(=O)(=O)C[C@H](N)CN3Cc2ccc(Cl)cc2)on1. The molecule has 2 aromatic carbocycles. The molecular formula is C23H25ClFN3O3S. The van der Waals surface area contributed by atoms with E-state index >= 15 is 4.39 Å². The fourth-order valence-corrected chi connectivity index (χ4v) is 5.51. The molecule has 2 N–H and O–H groups in total. The zero-order valence-corrected chi connectivity index (χ0v) is 19.7. The third-order valence-electron chi connectivity index (χ3n) is 5.44. The van der Waals surface area contributed by atoms with Gasteiger partial charge in [0, 0.05) is 35.6 Å². The van der Waals surface area contributed by atoms with Crippen molar-refractivity contribution in [3.05, 3.63) is 64.6 Å². The van der Waals surface area contributed by atoms with Crippen LogP contribution in [-0.4, -0.2) is 31.9 Å². The fraction of sp³-hybridized carbons (Fsp3) is 0.348. The lowest BCUT2D eigenvalue weighted by atomic mass is 9.92. The smallest absolute Gasteiger partial charge is 0.182 e. The van der Waals surface area contributed by atoms with Crippen molar-refractivity contribution in [1.82, 2.24) is 5.16 Å².